The van der Waals surface area contributed by atoms with Gasteiger partial charge >= 0.3 is 0 Å². The number of carbonyl (C=O) groups is 1. The molecule has 0 saturated carbocycles. The summed E-state index contributed by atoms with van der Waals surface area (Å²) >= 11 is 1.18. The maximum absolute atomic E-state index is 13.5. The summed E-state index contributed by atoms with van der Waals surface area (Å²) in [5, 5.41) is 12.2. The number of ether oxygens (including phenoxy) is 2. The predicted octanol–water partition coefficient (Wildman–Crippen LogP) is 5.72. The standard InChI is InChI=1S/C26H23N3O5S/c1-17-9-11-20(12-10-17)27-26-28(16-18-7-5-4-6-8-18)25(30)24(35-26)14-19-13-22(33-2)23(34-3)15-21(19)29(31)32/h4-15H,16H2,1-3H3/b24-14+,27-26?. The molecule has 0 unspecified atom stereocenters. The molecule has 4 rings (SSSR count). The molecule has 0 aliphatic carbocycles. The molecule has 0 bridgehead atoms. The van der Waals surface area contributed by atoms with Crippen molar-refractivity contribution < 1.29 is 19.2 Å². The van der Waals surface area contributed by atoms with Crippen LogP contribution in [0.3, 0.4) is 0 Å². The van der Waals surface area contributed by atoms with Crippen molar-refractivity contribution in [3.05, 3.63) is 98.4 Å². The van der Waals surface area contributed by atoms with Crippen LogP contribution in [0.25, 0.3) is 6.08 Å². The van der Waals surface area contributed by atoms with Gasteiger partial charge in [0.25, 0.3) is 11.6 Å². The van der Waals surface area contributed by atoms with Gasteiger partial charge in [0.2, 0.25) is 0 Å². The van der Waals surface area contributed by atoms with Crippen molar-refractivity contribution in [1.29, 1.82) is 0 Å². The number of benzene rings is 3. The summed E-state index contributed by atoms with van der Waals surface area (Å²) in [5.41, 5.74) is 2.80. The van der Waals surface area contributed by atoms with Gasteiger partial charge in [-0.25, -0.2) is 4.99 Å². The number of hydrogen-bond donors (Lipinski definition) is 0. The monoisotopic (exact) mass is 489 g/mol. The minimum absolute atomic E-state index is 0.193. The first-order chi connectivity index (χ1) is 16.9. The number of aliphatic imine (C=N–C) groups is 1. The molecule has 0 atom stereocenters. The molecule has 178 valence electrons. The van der Waals surface area contributed by atoms with Crippen molar-refractivity contribution in [1.82, 2.24) is 4.90 Å². The summed E-state index contributed by atoms with van der Waals surface area (Å²) in [6, 6.07) is 20.0. The first-order valence-electron chi connectivity index (χ1n) is 10.7. The van der Waals surface area contributed by atoms with Crippen molar-refractivity contribution >= 4 is 40.3 Å². The van der Waals surface area contributed by atoms with E-state index in [4.69, 9.17) is 14.5 Å². The molecule has 1 saturated heterocycles. The highest BCUT2D eigenvalue weighted by Gasteiger charge is 2.34. The van der Waals surface area contributed by atoms with E-state index in [0.29, 0.717) is 28.1 Å². The van der Waals surface area contributed by atoms with Crippen molar-refractivity contribution in [2.45, 2.75) is 13.5 Å². The third-order valence-electron chi connectivity index (χ3n) is 5.35. The zero-order valence-electron chi connectivity index (χ0n) is 19.4. The third-order valence-corrected chi connectivity index (χ3v) is 6.35. The summed E-state index contributed by atoms with van der Waals surface area (Å²) in [7, 11) is 2.86. The molecule has 0 spiro atoms. The number of carbonyl (C=O) groups excluding carboxylic acids is 1. The highest BCUT2D eigenvalue weighted by molar-refractivity contribution is 8.18. The Morgan fingerprint density at radius 2 is 1.69 bits per heavy atom. The lowest BCUT2D eigenvalue weighted by molar-refractivity contribution is -0.385. The second-order valence-electron chi connectivity index (χ2n) is 7.74. The number of rotatable bonds is 7. The van der Waals surface area contributed by atoms with Crippen LogP contribution in [0.1, 0.15) is 16.7 Å². The Labute approximate surface area is 207 Å². The van der Waals surface area contributed by atoms with Crippen LogP contribution in [-0.4, -0.2) is 35.1 Å². The summed E-state index contributed by atoms with van der Waals surface area (Å²) < 4.78 is 10.5. The summed E-state index contributed by atoms with van der Waals surface area (Å²) in [6.45, 7) is 2.31. The Morgan fingerprint density at radius 3 is 2.31 bits per heavy atom. The van der Waals surface area contributed by atoms with Crippen LogP contribution in [0.5, 0.6) is 11.5 Å². The van der Waals surface area contributed by atoms with Crippen LogP contribution < -0.4 is 9.47 Å². The molecule has 35 heavy (non-hydrogen) atoms. The molecule has 1 aliphatic rings. The topological polar surface area (TPSA) is 94.3 Å². The molecule has 1 fully saturated rings. The zero-order valence-corrected chi connectivity index (χ0v) is 20.2. The van der Waals surface area contributed by atoms with E-state index < -0.39 is 4.92 Å². The minimum atomic E-state index is -0.512. The fourth-order valence-electron chi connectivity index (χ4n) is 3.53. The van der Waals surface area contributed by atoms with Crippen molar-refractivity contribution in [2.75, 3.05) is 14.2 Å². The molecule has 0 N–H and O–H groups in total. The van der Waals surface area contributed by atoms with Crippen LogP contribution in [-0.2, 0) is 11.3 Å². The van der Waals surface area contributed by atoms with Crippen LogP contribution in [0.4, 0.5) is 11.4 Å². The van der Waals surface area contributed by atoms with Crippen molar-refractivity contribution in [3.8, 4) is 11.5 Å². The van der Waals surface area contributed by atoms with Crippen molar-refractivity contribution in [3.63, 3.8) is 0 Å². The van der Waals surface area contributed by atoms with Gasteiger partial charge in [-0.05, 0) is 48.5 Å². The SMILES string of the molecule is COc1cc(/C=C2/SC(=Nc3ccc(C)cc3)N(Cc3ccccc3)C2=O)c([N+](=O)[O-])cc1OC. The minimum Gasteiger partial charge on any atom is -0.493 e. The fourth-order valence-corrected chi connectivity index (χ4v) is 4.51. The van der Waals surface area contributed by atoms with Gasteiger partial charge < -0.3 is 9.47 Å². The molecular weight excluding hydrogens is 466 g/mol. The van der Waals surface area contributed by atoms with Crippen LogP contribution in [0.2, 0.25) is 0 Å². The number of aryl methyl sites for hydroxylation is 1. The van der Waals surface area contributed by atoms with Crippen LogP contribution in [0.15, 0.2) is 76.6 Å². The van der Waals surface area contributed by atoms with E-state index in [1.54, 1.807) is 4.90 Å². The zero-order chi connectivity index (χ0) is 24.9. The van der Waals surface area contributed by atoms with Gasteiger partial charge in [0.05, 0.1) is 47.9 Å². The van der Waals surface area contributed by atoms with Gasteiger partial charge in [-0.15, -0.1) is 0 Å². The number of amidine groups is 1. The quantitative estimate of drug-likeness (QED) is 0.239. The van der Waals surface area contributed by atoms with Gasteiger partial charge in [-0.2, -0.15) is 0 Å². The largest absolute Gasteiger partial charge is 0.493 e. The van der Waals surface area contributed by atoms with Gasteiger partial charge in [-0.3, -0.25) is 19.8 Å². The van der Waals surface area contributed by atoms with Gasteiger partial charge in [-0.1, -0.05) is 48.0 Å². The molecular formula is C26H23N3O5S. The first kappa shape index (κ1) is 24.0. The summed E-state index contributed by atoms with van der Waals surface area (Å²) in [5.74, 6) is 0.281. The maximum atomic E-state index is 13.5. The Hall–Kier alpha value is -4.11. The van der Waals surface area contributed by atoms with Gasteiger partial charge in [0.1, 0.15) is 0 Å². The molecule has 8 nitrogen and oxygen atoms in total. The number of amides is 1. The Balaban J connectivity index is 1.78. The van der Waals surface area contributed by atoms with E-state index >= 15 is 0 Å². The molecule has 0 radical (unpaired) electrons. The molecule has 3 aromatic carbocycles. The lowest BCUT2D eigenvalue weighted by Crippen LogP contribution is -2.28. The van der Waals surface area contributed by atoms with Gasteiger partial charge in [0.15, 0.2) is 16.7 Å². The molecule has 9 heteroatoms. The number of methoxy groups -OCH3 is 2. The Morgan fingerprint density at radius 1 is 1.03 bits per heavy atom. The molecule has 1 heterocycles. The Bertz CT molecular complexity index is 1320. The summed E-state index contributed by atoms with van der Waals surface area (Å²) in [6.07, 6.45) is 1.50. The van der Waals surface area contributed by atoms with E-state index in [9.17, 15) is 14.9 Å². The van der Waals surface area contributed by atoms with E-state index in [1.165, 1.54) is 44.2 Å². The van der Waals surface area contributed by atoms with Crippen LogP contribution in [0, 0.1) is 17.0 Å². The average Bonchev–Trinajstić information content (AvgIpc) is 3.14. The first-order valence-corrected chi connectivity index (χ1v) is 11.5. The lowest BCUT2D eigenvalue weighted by Gasteiger charge is -2.15. The number of nitro groups is 1. The van der Waals surface area contributed by atoms with E-state index in [-0.39, 0.29) is 22.9 Å². The third kappa shape index (κ3) is 5.36. The Kier molecular flexibility index (Phi) is 7.17. The number of nitrogens with zero attached hydrogens (tertiary/aromatic N) is 3. The predicted molar refractivity (Wildman–Crippen MR) is 137 cm³/mol. The molecule has 1 amide bonds. The fraction of sp³-hybridized carbons (Fsp3) is 0.154. The highest BCUT2D eigenvalue weighted by Crippen LogP contribution is 2.39. The highest BCUT2D eigenvalue weighted by atomic mass is 32.2. The average molecular weight is 490 g/mol. The number of thioether (sulfide) groups is 1. The smallest absolute Gasteiger partial charge is 0.280 e. The van der Waals surface area contributed by atoms with E-state index in [0.717, 1.165) is 11.1 Å². The molecule has 1 aliphatic heterocycles. The van der Waals surface area contributed by atoms with E-state index in [1.807, 2.05) is 61.5 Å². The molecule has 0 aromatic heterocycles. The van der Waals surface area contributed by atoms with E-state index in [2.05, 4.69) is 0 Å². The van der Waals surface area contributed by atoms with Gasteiger partial charge in [0, 0.05) is 0 Å². The van der Waals surface area contributed by atoms with Crippen LogP contribution >= 0.6 is 11.8 Å². The van der Waals surface area contributed by atoms with Crippen molar-refractivity contribution in [2.24, 2.45) is 4.99 Å². The number of hydrogen-bond acceptors (Lipinski definition) is 7. The summed E-state index contributed by atoms with van der Waals surface area (Å²) in [4.78, 5) is 31.3. The maximum Gasteiger partial charge on any atom is 0.280 e. The lowest BCUT2D eigenvalue weighted by atomic mass is 10.1. The molecule has 3 aromatic rings. The normalized spacial score (nSPS) is 15.6. The number of nitro benzene ring substituents is 1. The second-order valence-corrected chi connectivity index (χ2v) is 8.75. The second kappa shape index (κ2) is 10.4.